The third-order valence-electron chi connectivity index (χ3n) is 8.52. The van der Waals surface area contributed by atoms with E-state index in [1.54, 1.807) is 0 Å². The Kier molecular flexibility index (Phi) is 10.4. The van der Waals surface area contributed by atoms with E-state index in [2.05, 4.69) is 4.99 Å². The number of rotatable bonds is 5. The fourth-order valence-electron chi connectivity index (χ4n) is 5.96. The highest BCUT2D eigenvalue weighted by molar-refractivity contribution is 6.66. The Balaban J connectivity index is 1.57. The molecule has 0 N–H and O–H groups in total. The lowest BCUT2D eigenvalue weighted by atomic mass is 9.85. The molecule has 3 amide bonds. The van der Waals surface area contributed by atoms with E-state index in [-0.39, 0.29) is 50.7 Å². The molecular weight excluding hydrogens is 674 g/mol. The summed E-state index contributed by atoms with van der Waals surface area (Å²) >= 11 is 5.26. The number of likely N-dealkylation sites (N-methyl/N-ethyl adjacent to an activating group) is 1. The van der Waals surface area contributed by atoms with E-state index in [1.165, 1.54) is 36.2 Å². The van der Waals surface area contributed by atoms with Crippen molar-refractivity contribution in [1.29, 1.82) is 0 Å². The Morgan fingerprint density at radius 1 is 0.830 bits per heavy atom. The quantitative estimate of drug-likeness (QED) is 0.234. The van der Waals surface area contributed by atoms with E-state index in [9.17, 15) is 53.5 Å². The number of hydrogen-bond donors (Lipinski definition) is 0. The summed E-state index contributed by atoms with van der Waals surface area (Å²) in [7, 11) is 2.31. The first-order valence-corrected chi connectivity index (χ1v) is 14.7. The van der Waals surface area contributed by atoms with Crippen LogP contribution >= 0.6 is 11.6 Å². The van der Waals surface area contributed by atoms with Gasteiger partial charge in [0.2, 0.25) is 11.1 Å². The fraction of sp³-hybridized carbons (Fsp3) is 0.500. The molecule has 1 aliphatic heterocycles. The van der Waals surface area contributed by atoms with Crippen molar-refractivity contribution in [3.8, 4) is 0 Å². The first-order chi connectivity index (χ1) is 21.7. The topological polar surface area (TPSA) is 56.2 Å². The largest absolute Gasteiger partial charge is 0.444 e. The van der Waals surface area contributed by atoms with Crippen molar-refractivity contribution >= 4 is 34.4 Å². The second-order valence-corrected chi connectivity index (χ2v) is 12.0. The highest BCUT2D eigenvalue weighted by atomic mass is 35.5. The molecule has 6 nitrogen and oxygen atoms in total. The maximum atomic E-state index is 13.7. The van der Waals surface area contributed by atoms with Crippen molar-refractivity contribution in [2.24, 2.45) is 10.9 Å². The van der Waals surface area contributed by atoms with Crippen LogP contribution in [0.1, 0.15) is 48.3 Å². The first kappa shape index (κ1) is 36.3. The number of likely N-dealkylation sites (tertiary alicyclic amines) is 1. The summed E-state index contributed by atoms with van der Waals surface area (Å²) in [5.74, 6) is -2.10. The van der Waals surface area contributed by atoms with E-state index in [0.717, 1.165) is 11.9 Å². The van der Waals surface area contributed by atoms with Gasteiger partial charge in [-0.25, -0.2) is 9.18 Å². The van der Waals surface area contributed by atoms with Crippen LogP contribution in [0.25, 0.3) is 0 Å². The van der Waals surface area contributed by atoms with Crippen molar-refractivity contribution < 1.29 is 53.5 Å². The molecule has 2 aromatic carbocycles. The molecule has 0 unspecified atom stereocenters. The Bertz CT molecular complexity index is 1450. The molecule has 0 radical (unpaired) electrons. The van der Waals surface area contributed by atoms with Gasteiger partial charge in [0.1, 0.15) is 5.82 Å². The van der Waals surface area contributed by atoms with Crippen LogP contribution in [-0.4, -0.2) is 72.4 Å². The van der Waals surface area contributed by atoms with Crippen LogP contribution < -0.4 is 4.90 Å². The Morgan fingerprint density at radius 2 is 1.36 bits per heavy atom. The minimum absolute atomic E-state index is 0.0379. The third kappa shape index (κ3) is 8.49. The third-order valence-corrected chi connectivity index (χ3v) is 8.83. The van der Waals surface area contributed by atoms with Gasteiger partial charge in [0.05, 0.1) is 23.2 Å². The molecule has 0 aromatic heterocycles. The maximum Gasteiger partial charge on any atom is 0.444 e. The molecule has 2 aromatic rings. The summed E-state index contributed by atoms with van der Waals surface area (Å²) in [5.41, 5.74) is -3.36. The smallest absolute Gasteiger partial charge is 0.340 e. The van der Waals surface area contributed by atoms with Crippen LogP contribution in [0, 0.1) is 11.7 Å². The summed E-state index contributed by atoms with van der Waals surface area (Å²) in [6.45, 7) is -0.0401. The van der Waals surface area contributed by atoms with Crippen LogP contribution in [0.3, 0.4) is 0 Å². The summed E-state index contributed by atoms with van der Waals surface area (Å²) < 4.78 is 133. The fourth-order valence-corrected chi connectivity index (χ4v) is 6.10. The SMILES string of the molecule is CN(C(=O)N(C)[C@@H]1CN(C(=O)C2CCC(N=C(Cl)C(F)(F)F)CC2)C[C@H]1c1ccc(F)cc1)c1cc(C(F)(F)F)cc(C(F)(F)F)c1. The van der Waals surface area contributed by atoms with E-state index < -0.39 is 76.3 Å². The van der Waals surface area contributed by atoms with Crippen molar-refractivity contribution in [2.75, 3.05) is 32.1 Å². The minimum Gasteiger partial charge on any atom is -0.340 e. The molecule has 1 saturated heterocycles. The summed E-state index contributed by atoms with van der Waals surface area (Å²) in [5, 5.41) is -1.48. The van der Waals surface area contributed by atoms with Crippen LogP contribution in [0.5, 0.6) is 0 Å². The number of aliphatic imine (C=N–C) groups is 1. The van der Waals surface area contributed by atoms with Gasteiger partial charge in [-0.3, -0.25) is 14.7 Å². The van der Waals surface area contributed by atoms with Crippen molar-refractivity contribution in [3.63, 3.8) is 0 Å². The Morgan fingerprint density at radius 3 is 1.85 bits per heavy atom. The Labute approximate surface area is 268 Å². The van der Waals surface area contributed by atoms with Crippen molar-refractivity contribution in [2.45, 2.75) is 62.2 Å². The lowest BCUT2D eigenvalue weighted by Crippen LogP contribution is -2.48. The highest BCUT2D eigenvalue weighted by Crippen LogP contribution is 2.40. The van der Waals surface area contributed by atoms with Gasteiger partial charge in [-0.05, 0) is 61.6 Å². The molecule has 47 heavy (non-hydrogen) atoms. The maximum absolute atomic E-state index is 13.7. The molecule has 2 fully saturated rings. The zero-order chi connectivity index (χ0) is 35.1. The number of carbonyl (C=O) groups is 2. The number of nitrogens with zero attached hydrogens (tertiary/aromatic N) is 4. The lowest BCUT2D eigenvalue weighted by Gasteiger charge is -2.33. The van der Waals surface area contributed by atoms with E-state index >= 15 is 0 Å². The molecule has 2 aliphatic rings. The normalized spacial score (nSPS) is 22.7. The van der Waals surface area contributed by atoms with Crippen LogP contribution in [0.2, 0.25) is 0 Å². The predicted molar refractivity (Wildman–Crippen MR) is 153 cm³/mol. The zero-order valence-corrected chi connectivity index (χ0v) is 25.6. The molecule has 0 bridgehead atoms. The standard InChI is InChI=1S/C30H29ClF10N4O2/c1-43(22-12-18(28(33,34)35)11-19(13-22)29(36,37)38)27(47)44(2)24-15-45(14-23(24)16-3-7-20(32)8-4-16)25(46)17-5-9-21(10-6-17)42-26(31)30(39,40)41/h3-4,7-8,11-13,17,21,23-24H,5-6,9-10,14-15H2,1-2H3/t17?,21?,23-,24+/m0/s1. The van der Waals surface area contributed by atoms with Gasteiger partial charge in [0.25, 0.3) is 0 Å². The van der Waals surface area contributed by atoms with Gasteiger partial charge in [0, 0.05) is 44.7 Å². The number of urea groups is 1. The lowest BCUT2D eigenvalue weighted by molar-refractivity contribution is -0.143. The van der Waals surface area contributed by atoms with Gasteiger partial charge in [-0.15, -0.1) is 0 Å². The second kappa shape index (κ2) is 13.5. The van der Waals surface area contributed by atoms with Crippen molar-refractivity contribution in [3.05, 3.63) is 65.0 Å². The monoisotopic (exact) mass is 702 g/mol. The average molecular weight is 703 g/mol. The molecule has 1 heterocycles. The highest BCUT2D eigenvalue weighted by Gasteiger charge is 2.44. The number of benzene rings is 2. The number of hydrogen-bond acceptors (Lipinski definition) is 3. The summed E-state index contributed by atoms with van der Waals surface area (Å²) in [4.78, 5) is 33.9. The molecule has 2 atom stereocenters. The predicted octanol–water partition coefficient (Wildman–Crippen LogP) is 8.10. The van der Waals surface area contributed by atoms with Gasteiger partial charge in [-0.2, -0.15) is 39.5 Å². The zero-order valence-electron chi connectivity index (χ0n) is 24.9. The van der Waals surface area contributed by atoms with Crippen LogP contribution in [0.15, 0.2) is 47.5 Å². The first-order valence-electron chi connectivity index (χ1n) is 14.3. The second-order valence-electron chi connectivity index (χ2n) is 11.6. The van der Waals surface area contributed by atoms with E-state index in [0.29, 0.717) is 22.6 Å². The number of alkyl halides is 9. The number of halogens is 11. The van der Waals surface area contributed by atoms with Gasteiger partial charge >= 0.3 is 24.6 Å². The number of amides is 3. The van der Waals surface area contributed by atoms with Crippen LogP contribution in [-0.2, 0) is 17.1 Å². The number of carbonyl (C=O) groups excluding carboxylic acids is 2. The van der Waals surface area contributed by atoms with Gasteiger partial charge < -0.3 is 9.80 Å². The van der Waals surface area contributed by atoms with Crippen LogP contribution in [0.4, 0.5) is 54.4 Å². The molecule has 1 aliphatic carbocycles. The molecule has 4 rings (SSSR count). The van der Waals surface area contributed by atoms with Gasteiger partial charge in [0.15, 0.2) is 0 Å². The van der Waals surface area contributed by atoms with E-state index in [1.807, 2.05) is 0 Å². The summed E-state index contributed by atoms with van der Waals surface area (Å²) in [6.07, 6.45) is -14.3. The Hall–Kier alpha value is -3.56. The van der Waals surface area contributed by atoms with Crippen molar-refractivity contribution in [1.82, 2.24) is 9.80 Å². The van der Waals surface area contributed by atoms with Gasteiger partial charge in [-0.1, -0.05) is 23.7 Å². The minimum atomic E-state index is -5.14. The summed E-state index contributed by atoms with van der Waals surface area (Å²) in [6, 6.07) is 3.48. The number of anilines is 1. The molecule has 0 spiro atoms. The molecule has 17 heteroatoms. The molecular formula is C30H29ClF10N4O2. The van der Waals surface area contributed by atoms with E-state index in [4.69, 9.17) is 11.6 Å². The average Bonchev–Trinajstić information content (AvgIpc) is 3.44. The molecule has 258 valence electrons. The molecule has 1 saturated carbocycles.